The van der Waals surface area contributed by atoms with Gasteiger partial charge in [-0.1, -0.05) is 31.2 Å². The number of aromatic nitrogens is 2. The van der Waals surface area contributed by atoms with E-state index in [1.165, 1.54) is 24.2 Å². The van der Waals surface area contributed by atoms with E-state index in [0.717, 1.165) is 12.0 Å². The van der Waals surface area contributed by atoms with Crippen LogP contribution in [0.2, 0.25) is 0 Å². The van der Waals surface area contributed by atoms with Gasteiger partial charge in [0.25, 0.3) is 5.91 Å². The molecule has 1 aromatic heterocycles. The predicted octanol–water partition coefficient (Wildman–Crippen LogP) is 2.07. The lowest BCUT2D eigenvalue weighted by Gasteiger charge is -2.14. The van der Waals surface area contributed by atoms with Gasteiger partial charge in [0, 0.05) is 12.4 Å². The van der Waals surface area contributed by atoms with Gasteiger partial charge in [-0.05, 0) is 24.5 Å². The Morgan fingerprint density at radius 2 is 1.96 bits per heavy atom. The Kier molecular flexibility index (Phi) is 5.80. The lowest BCUT2D eigenvalue weighted by Crippen LogP contribution is -2.31. The molecule has 1 aromatic carbocycles. The zero-order valence-electron chi connectivity index (χ0n) is 13.2. The summed E-state index contributed by atoms with van der Waals surface area (Å²) in [5.74, 6) is -1.04. The number of ether oxygens (including phenoxy) is 1. The molecule has 0 spiro atoms. The molecule has 2 aromatic rings. The van der Waals surface area contributed by atoms with Gasteiger partial charge >= 0.3 is 5.97 Å². The molecule has 120 valence electrons. The van der Waals surface area contributed by atoms with Gasteiger partial charge in [-0.15, -0.1) is 0 Å². The summed E-state index contributed by atoms with van der Waals surface area (Å²) in [6.07, 6.45) is 5.10. The van der Waals surface area contributed by atoms with Crippen LogP contribution in [-0.4, -0.2) is 28.5 Å². The number of nitrogens with zero attached hydrogens (tertiary/aromatic N) is 2. The highest BCUT2D eigenvalue weighted by Gasteiger charge is 2.14. The van der Waals surface area contributed by atoms with Gasteiger partial charge in [-0.2, -0.15) is 0 Å². The Bertz CT molecular complexity index is 657. The molecule has 0 aliphatic carbocycles. The van der Waals surface area contributed by atoms with E-state index in [1.807, 2.05) is 31.2 Å². The summed E-state index contributed by atoms with van der Waals surface area (Å²) in [7, 11) is 0. The Morgan fingerprint density at radius 3 is 2.57 bits per heavy atom. The number of aryl methyl sites for hydroxylation is 1. The molecule has 0 aliphatic rings. The largest absolute Gasteiger partial charge is 0.451 e. The normalized spacial score (nSPS) is 11.6. The van der Waals surface area contributed by atoms with Crippen LogP contribution in [0.4, 0.5) is 0 Å². The second-order valence-electron chi connectivity index (χ2n) is 5.05. The number of rotatable bonds is 6. The van der Waals surface area contributed by atoms with E-state index in [-0.39, 0.29) is 24.2 Å². The first-order valence-electron chi connectivity index (χ1n) is 7.41. The van der Waals surface area contributed by atoms with Crippen molar-refractivity contribution < 1.29 is 14.3 Å². The number of carbonyl (C=O) groups is 2. The molecule has 0 unspecified atom stereocenters. The minimum absolute atomic E-state index is 0.0727. The first-order valence-corrected chi connectivity index (χ1v) is 7.41. The molecule has 0 saturated carbocycles. The first-order chi connectivity index (χ1) is 11.1. The second-order valence-corrected chi connectivity index (χ2v) is 5.05. The molecule has 0 fully saturated rings. The van der Waals surface area contributed by atoms with E-state index in [9.17, 15) is 9.59 Å². The molecule has 1 N–H and O–H groups in total. The molecule has 0 radical (unpaired) electrons. The monoisotopic (exact) mass is 313 g/mol. The van der Waals surface area contributed by atoms with Gasteiger partial charge in [0.05, 0.1) is 12.2 Å². The van der Waals surface area contributed by atoms with E-state index in [4.69, 9.17) is 4.74 Å². The van der Waals surface area contributed by atoms with Crippen molar-refractivity contribution in [3.05, 3.63) is 59.7 Å². The minimum atomic E-state index is -0.673. The molecular weight excluding hydrogens is 294 g/mol. The molecule has 1 atom stereocenters. The number of nitrogens with one attached hydrogen (secondary N) is 1. The number of carbonyl (C=O) groups excluding carboxylic acids is 2. The van der Waals surface area contributed by atoms with E-state index < -0.39 is 5.97 Å². The van der Waals surface area contributed by atoms with Gasteiger partial charge in [-0.3, -0.25) is 9.78 Å². The minimum Gasteiger partial charge on any atom is -0.451 e. The van der Waals surface area contributed by atoms with Crippen molar-refractivity contribution in [1.82, 2.24) is 15.3 Å². The lowest BCUT2D eigenvalue weighted by atomic mass is 10.1. The highest BCUT2D eigenvalue weighted by molar-refractivity contribution is 5.89. The van der Waals surface area contributed by atoms with Crippen molar-refractivity contribution in [1.29, 1.82) is 0 Å². The Morgan fingerprint density at radius 1 is 1.22 bits per heavy atom. The van der Waals surface area contributed by atoms with Crippen LogP contribution in [0.15, 0.2) is 42.9 Å². The fraction of sp³-hybridized carbons (Fsp3) is 0.294. The number of amides is 1. The molecule has 1 heterocycles. The van der Waals surface area contributed by atoms with Gasteiger partial charge in [0.15, 0.2) is 12.3 Å². The molecule has 0 saturated heterocycles. The topological polar surface area (TPSA) is 81.2 Å². The van der Waals surface area contributed by atoms with Crippen LogP contribution in [0.5, 0.6) is 0 Å². The average Bonchev–Trinajstić information content (AvgIpc) is 2.60. The highest BCUT2D eigenvalue weighted by atomic mass is 16.5. The number of hydrogen-bond acceptors (Lipinski definition) is 5. The van der Waals surface area contributed by atoms with Crippen LogP contribution < -0.4 is 5.32 Å². The molecule has 6 heteroatoms. The Labute approximate surface area is 134 Å². The van der Waals surface area contributed by atoms with Crippen LogP contribution in [0.3, 0.4) is 0 Å². The molecule has 6 nitrogen and oxygen atoms in total. The van der Waals surface area contributed by atoms with Crippen LogP contribution >= 0.6 is 0 Å². The molecule has 1 amide bonds. The third kappa shape index (κ3) is 4.88. The van der Waals surface area contributed by atoms with Crippen LogP contribution in [0, 0.1) is 0 Å². The average molecular weight is 313 g/mol. The number of hydrogen-bond donors (Lipinski definition) is 1. The molecule has 2 rings (SSSR count). The van der Waals surface area contributed by atoms with Crippen molar-refractivity contribution in [3.8, 4) is 0 Å². The second kappa shape index (κ2) is 8.03. The Hall–Kier alpha value is -2.76. The van der Waals surface area contributed by atoms with Gasteiger partial charge in [-0.25, -0.2) is 9.78 Å². The van der Waals surface area contributed by atoms with Crippen LogP contribution in [-0.2, 0) is 16.0 Å². The van der Waals surface area contributed by atoms with Crippen molar-refractivity contribution >= 4 is 11.9 Å². The van der Waals surface area contributed by atoms with E-state index in [0.29, 0.717) is 0 Å². The maximum atomic E-state index is 11.9. The van der Waals surface area contributed by atoms with Crippen molar-refractivity contribution in [3.63, 3.8) is 0 Å². The molecule has 0 aliphatic heterocycles. The highest BCUT2D eigenvalue weighted by Crippen LogP contribution is 2.13. The summed E-state index contributed by atoms with van der Waals surface area (Å²) in [6, 6.07) is 7.87. The van der Waals surface area contributed by atoms with Crippen molar-refractivity contribution in [2.45, 2.75) is 26.3 Å². The van der Waals surface area contributed by atoms with E-state index >= 15 is 0 Å². The standard InChI is InChI=1S/C17H19N3O3/c1-3-13-4-6-14(7-5-13)12(2)20-16(21)11-23-17(22)15-10-18-8-9-19-15/h4-10,12H,3,11H2,1-2H3,(H,20,21)/t12-/m0/s1. The van der Waals surface area contributed by atoms with E-state index in [2.05, 4.69) is 22.2 Å². The summed E-state index contributed by atoms with van der Waals surface area (Å²) >= 11 is 0. The van der Waals surface area contributed by atoms with E-state index in [1.54, 1.807) is 0 Å². The molecule has 0 bridgehead atoms. The summed E-state index contributed by atoms with van der Waals surface area (Å²) in [5, 5.41) is 2.79. The lowest BCUT2D eigenvalue weighted by molar-refractivity contribution is -0.124. The van der Waals surface area contributed by atoms with Crippen LogP contribution in [0.25, 0.3) is 0 Å². The van der Waals surface area contributed by atoms with Crippen molar-refractivity contribution in [2.24, 2.45) is 0 Å². The maximum Gasteiger partial charge on any atom is 0.359 e. The summed E-state index contributed by atoms with van der Waals surface area (Å²) in [6.45, 7) is 3.61. The number of benzene rings is 1. The van der Waals surface area contributed by atoms with Gasteiger partial charge in [0.2, 0.25) is 0 Å². The van der Waals surface area contributed by atoms with Gasteiger partial charge in [0.1, 0.15) is 0 Å². The first kappa shape index (κ1) is 16.6. The quantitative estimate of drug-likeness (QED) is 0.826. The SMILES string of the molecule is CCc1ccc([C@H](C)NC(=O)COC(=O)c2cnccn2)cc1. The molecular formula is C17H19N3O3. The third-order valence-corrected chi connectivity index (χ3v) is 3.37. The number of esters is 1. The smallest absolute Gasteiger partial charge is 0.359 e. The molecule has 23 heavy (non-hydrogen) atoms. The van der Waals surface area contributed by atoms with Crippen LogP contribution in [0.1, 0.15) is 41.5 Å². The fourth-order valence-electron chi connectivity index (χ4n) is 2.02. The zero-order valence-corrected chi connectivity index (χ0v) is 13.2. The Balaban J connectivity index is 1.83. The third-order valence-electron chi connectivity index (χ3n) is 3.37. The summed E-state index contributed by atoms with van der Waals surface area (Å²) in [4.78, 5) is 31.1. The zero-order chi connectivity index (χ0) is 16.7. The van der Waals surface area contributed by atoms with Crippen molar-refractivity contribution in [2.75, 3.05) is 6.61 Å². The predicted molar refractivity (Wildman–Crippen MR) is 84.7 cm³/mol. The fourth-order valence-corrected chi connectivity index (χ4v) is 2.02. The van der Waals surface area contributed by atoms with Gasteiger partial charge < -0.3 is 10.1 Å². The summed E-state index contributed by atoms with van der Waals surface area (Å²) in [5.41, 5.74) is 2.31. The maximum absolute atomic E-state index is 11.9. The summed E-state index contributed by atoms with van der Waals surface area (Å²) < 4.78 is 4.91.